The highest BCUT2D eigenvalue weighted by atomic mass is 32.1. The van der Waals surface area contributed by atoms with Gasteiger partial charge in [-0.05, 0) is 79.0 Å². The number of carbonyl (C=O) groups is 1. The van der Waals surface area contributed by atoms with E-state index in [1.54, 1.807) is 6.08 Å². The van der Waals surface area contributed by atoms with Crippen LogP contribution in [0.4, 0.5) is 5.82 Å². The number of thiophene rings is 1. The fourth-order valence-electron chi connectivity index (χ4n) is 4.59. The van der Waals surface area contributed by atoms with Crippen LogP contribution in [0.5, 0.6) is 0 Å². The fourth-order valence-corrected chi connectivity index (χ4v) is 5.49. The van der Waals surface area contributed by atoms with Gasteiger partial charge in [0.15, 0.2) is 0 Å². The van der Waals surface area contributed by atoms with Crippen LogP contribution in [0.1, 0.15) is 33.7 Å². The second-order valence-electron chi connectivity index (χ2n) is 8.31. The van der Waals surface area contributed by atoms with Crippen molar-refractivity contribution in [2.24, 2.45) is 11.8 Å². The lowest BCUT2D eigenvalue weighted by Crippen LogP contribution is -2.27. The van der Waals surface area contributed by atoms with Crippen molar-refractivity contribution in [1.29, 1.82) is 0 Å². The molecule has 0 spiro atoms. The summed E-state index contributed by atoms with van der Waals surface area (Å²) >= 11 is 1.87. The minimum Gasteiger partial charge on any atom is -0.344 e. The summed E-state index contributed by atoms with van der Waals surface area (Å²) in [7, 11) is 0. The van der Waals surface area contributed by atoms with E-state index in [1.165, 1.54) is 20.9 Å². The Labute approximate surface area is 175 Å². The van der Waals surface area contributed by atoms with Gasteiger partial charge in [0, 0.05) is 40.8 Å². The Bertz CT molecular complexity index is 1050. The van der Waals surface area contributed by atoms with Crippen molar-refractivity contribution in [3.05, 3.63) is 69.7 Å². The van der Waals surface area contributed by atoms with E-state index in [-0.39, 0.29) is 5.91 Å². The van der Waals surface area contributed by atoms with Crippen LogP contribution in [-0.4, -0.2) is 28.9 Å². The third kappa shape index (κ3) is 3.67. The molecule has 29 heavy (non-hydrogen) atoms. The van der Waals surface area contributed by atoms with Crippen molar-refractivity contribution in [2.75, 3.05) is 18.4 Å². The molecule has 2 unspecified atom stereocenters. The predicted octanol–water partition coefficient (Wildman–Crippen LogP) is 4.90. The van der Waals surface area contributed by atoms with Gasteiger partial charge in [-0.3, -0.25) is 4.79 Å². The van der Waals surface area contributed by atoms with Crippen LogP contribution in [0.15, 0.2) is 48.8 Å². The summed E-state index contributed by atoms with van der Waals surface area (Å²) in [5, 5.41) is 3.23. The van der Waals surface area contributed by atoms with Crippen molar-refractivity contribution in [3.8, 4) is 0 Å². The molecule has 0 bridgehead atoms. The van der Waals surface area contributed by atoms with E-state index in [4.69, 9.17) is 0 Å². The Balaban J connectivity index is 1.23. The van der Waals surface area contributed by atoms with E-state index in [0.29, 0.717) is 11.8 Å². The zero-order valence-corrected chi connectivity index (χ0v) is 17.5. The first-order chi connectivity index (χ1) is 14.0. The number of carbonyl (C=O) groups excluding carboxylic acids is 1. The number of nitrogens with zero attached hydrogens (tertiary/aromatic N) is 2. The number of rotatable bonds is 3. The van der Waals surface area contributed by atoms with Crippen LogP contribution in [0, 0.1) is 18.8 Å². The molecule has 1 N–H and O–H groups in total. The van der Waals surface area contributed by atoms with Crippen LogP contribution in [0.25, 0.3) is 11.6 Å². The van der Waals surface area contributed by atoms with Gasteiger partial charge in [0.05, 0.1) is 0 Å². The Morgan fingerprint density at radius 1 is 1.34 bits per heavy atom. The summed E-state index contributed by atoms with van der Waals surface area (Å²) in [6, 6.07) is 6.54. The van der Waals surface area contributed by atoms with Gasteiger partial charge < -0.3 is 10.2 Å². The van der Waals surface area contributed by atoms with E-state index >= 15 is 0 Å². The lowest BCUT2D eigenvalue weighted by molar-refractivity contribution is -0.125. The molecule has 5 rings (SSSR count). The average molecular weight is 404 g/mol. The van der Waals surface area contributed by atoms with Crippen molar-refractivity contribution in [3.63, 3.8) is 0 Å². The van der Waals surface area contributed by atoms with Gasteiger partial charge in [0.25, 0.3) is 0 Å². The van der Waals surface area contributed by atoms with Gasteiger partial charge in [-0.15, -0.1) is 11.3 Å². The number of pyridine rings is 1. The van der Waals surface area contributed by atoms with E-state index in [1.807, 2.05) is 28.5 Å². The summed E-state index contributed by atoms with van der Waals surface area (Å²) in [6.45, 7) is 7.81. The molecule has 1 aliphatic carbocycles. The van der Waals surface area contributed by atoms with Crippen LogP contribution >= 0.6 is 11.3 Å². The largest absolute Gasteiger partial charge is 0.344 e. The molecule has 2 aromatic heterocycles. The zero-order chi connectivity index (χ0) is 20.0. The van der Waals surface area contributed by atoms with E-state index in [2.05, 4.69) is 48.1 Å². The van der Waals surface area contributed by atoms with Crippen LogP contribution in [0.2, 0.25) is 0 Å². The number of allylic oxidation sites excluding steroid dienone is 2. The van der Waals surface area contributed by atoms with Crippen molar-refractivity contribution in [2.45, 2.75) is 26.2 Å². The minimum absolute atomic E-state index is 0.102. The number of nitrogens with one attached hydrogen (secondary N) is 1. The second kappa shape index (κ2) is 7.30. The van der Waals surface area contributed by atoms with Gasteiger partial charge in [0.2, 0.25) is 5.91 Å². The van der Waals surface area contributed by atoms with Crippen molar-refractivity contribution < 1.29 is 4.79 Å². The third-order valence-corrected chi connectivity index (χ3v) is 7.23. The molecule has 4 nitrogen and oxygen atoms in total. The van der Waals surface area contributed by atoms with Crippen molar-refractivity contribution >= 4 is 34.7 Å². The third-order valence-electron chi connectivity index (χ3n) is 6.15. The fraction of sp³-hybridized carbons (Fsp3) is 0.333. The average Bonchev–Trinajstić information content (AvgIpc) is 3.40. The normalized spacial score (nSPS) is 23.1. The van der Waals surface area contributed by atoms with Gasteiger partial charge >= 0.3 is 0 Å². The first-order valence-corrected chi connectivity index (χ1v) is 11.0. The topological polar surface area (TPSA) is 45.2 Å². The van der Waals surface area contributed by atoms with Crippen molar-refractivity contribution in [1.82, 2.24) is 9.88 Å². The molecule has 1 saturated heterocycles. The molecule has 148 valence electrons. The first-order valence-electron chi connectivity index (χ1n) is 10.2. The highest BCUT2D eigenvalue weighted by Crippen LogP contribution is 2.42. The van der Waals surface area contributed by atoms with E-state index in [9.17, 15) is 4.79 Å². The molecule has 2 aromatic rings. The van der Waals surface area contributed by atoms with Gasteiger partial charge in [0.1, 0.15) is 5.82 Å². The van der Waals surface area contributed by atoms with E-state index in [0.717, 1.165) is 49.4 Å². The molecule has 2 atom stereocenters. The monoisotopic (exact) mass is 403 g/mol. The zero-order valence-electron chi connectivity index (χ0n) is 16.6. The Kier molecular flexibility index (Phi) is 4.63. The number of aromatic nitrogens is 1. The number of aryl methyl sites for hydroxylation is 2. The number of anilines is 1. The number of fused-ring (bicyclic) bond motifs is 2. The molecular formula is C24H25N3OS. The molecule has 4 heterocycles. The molecule has 2 aliphatic heterocycles. The SMILES string of the molecule is C=C1CCc2cc(/C=C/C(=O)N3CC4C=C(c5ccc(C)s5)CC4C3)cnc2N1. The predicted molar refractivity (Wildman–Crippen MR) is 120 cm³/mol. The molecule has 5 heteroatoms. The second-order valence-corrected chi connectivity index (χ2v) is 9.60. The molecule has 3 aliphatic rings. The molecule has 1 amide bonds. The lowest BCUT2D eigenvalue weighted by atomic mass is 10.00. The standard InChI is InChI=1S/C24H25N3OS/c1-15-3-6-18-9-17(12-25-24(18)26-15)5-8-23(28)27-13-20-10-19(11-21(20)14-27)22-7-4-16(2)29-22/h4-5,7-10,12,20-21H,1,3,6,11,13-14H2,2H3,(H,25,26)/b8-5+. The van der Waals surface area contributed by atoms with Gasteiger partial charge in [-0.2, -0.15) is 0 Å². The van der Waals surface area contributed by atoms with Crippen LogP contribution in [0.3, 0.4) is 0 Å². The lowest BCUT2D eigenvalue weighted by Gasteiger charge is -2.19. The van der Waals surface area contributed by atoms with E-state index < -0.39 is 0 Å². The quantitative estimate of drug-likeness (QED) is 0.742. The first kappa shape index (κ1) is 18.4. The number of hydrogen-bond donors (Lipinski definition) is 1. The maximum absolute atomic E-state index is 12.7. The smallest absolute Gasteiger partial charge is 0.246 e. The van der Waals surface area contributed by atoms with Crippen LogP contribution in [-0.2, 0) is 11.2 Å². The summed E-state index contributed by atoms with van der Waals surface area (Å²) in [5.74, 6) is 2.05. The van der Waals surface area contributed by atoms with Gasteiger partial charge in [-0.25, -0.2) is 4.98 Å². The highest BCUT2D eigenvalue weighted by Gasteiger charge is 2.38. The van der Waals surface area contributed by atoms with Gasteiger partial charge in [-0.1, -0.05) is 12.7 Å². The maximum Gasteiger partial charge on any atom is 0.246 e. The molecule has 0 saturated carbocycles. The number of hydrogen-bond acceptors (Lipinski definition) is 4. The molecule has 0 aromatic carbocycles. The molecular weight excluding hydrogens is 378 g/mol. The number of likely N-dealkylation sites (tertiary alicyclic amines) is 1. The Morgan fingerprint density at radius 2 is 2.24 bits per heavy atom. The minimum atomic E-state index is 0.102. The maximum atomic E-state index is 12.7. The molecule has 1 fully saturated rings. The summed E-state index contributed by atoms with van der Waals surface area (Å²) in [6.07, 6.45) is 10.8. The summed E-state index contributed by atoms with van der Waals surface area (Å²) < 4.78 is 0. The number of amides is 1. The van der Waals surface area contributed by atoms with Crippen LogP contribution < -0.4 is 5.32 Å². The summed E-state index contributed by atoms with van der Waals surface area (Å²) in [5.41, 5.74) is 4.64. The Morgan fingerprint density at radius 3 is 3.03 bits per heavy atom. The molecule has 0 radical (unpaired) electrons. The highest BCUT2D eigenvalue weighted by molar-refractivity contribution is 7.13. The Hall–Kier alpha value is -2.66. The summed E-state index contributed by atoms with van der Waals surface area (Å²) in [4.78, 5) is 21.9.